The highest BCUT2D eigenvalue weighted by molar-refractivity contribution is 7.99. The molecule has 0 saturated carbocycles. The van der Waals surface area contributed by atoms with Crippen LogP contribution in [0, 0.1) is 0 Å². The van der Waals surface area contributed by atoms with Crippen LogP contribution in [0.25, 0.3) is 11.4 Å². The second kappa shape index (κ2) is 9.73. The Morgan fingerprint density at radius 3 is 2.70 bits per heavy atom. The molecule has 3 rings (SSSR count). The van der Waals surface area contributed by atoms with Gasteiger partial charge in [-0.2, -0.15) is 0 Å². The molecule has 8 nitrogen and oxygen atoms in total. The van der Waals surface area contributed by atoms with Gasteiger partial charge >= 0.3 is 0 Å². The lowest BCUT2D eigenvalue weighted by Gasteiger charge is -2.15. The van der Waals surface area contributed by atoms with Crippen LogP contribution in [-0.4, -0.2) is 40.8 Å². The molecule has 0 saturated heterocycles. The predicted molar refractivity (Wildman–Crippen MR) is 117 cm³/mol. The van der Waals surface area contributed by atoms with Crippen molar-refractivity contribution in [1.29, 1.82) is 0 Å². The van der Waals surface area contributed by atoms with Crippen LogP contribution in [-0.2, 0) is 4.79 Å². The van der Waals surface area contributed by atoms with Crippen molar-refractivity contribution in [2.45, 2.75) is 18.1 Å². The van der Waals surface area contributed by atoms with Gasteiger partial charge in [-0.05, 0) is 30.7 Å². The first-order valence-corrected chi connectivity index (χ1v) is 10.4. The third kappa shape index (κ3) is 4.80. The van der Waals surface area contributed by atoms with E-state index in [0.717, 1.165) is 5.56 Å². The van der Waals surface area contributed by atoms with Crippen LogP contribution in [0.1, 0.15) is 18.5 Å². The highest BCUT2D eigenvalue weighted by atomic mass is 35.5. The lowest BCUT2D eigenvalue weighted by molar-refractivity contribution is -0.119. The van der Waals surface area contributed by atoms with E-state index in [1.54, 1.807) is 38.5 Å². The van der Waals surface area contributed by atoms with Crippen molar-refractivity contribution in [2.24, 2.45) is 0 Å². The summed E-state index contributed by atoms with van der Waals surface area (Å²) >= 11 is 7.38. The molecule has 0 fully saturated rings. The third-order valence-corrected chi connectivity index (χ3v) is 5.68. The van der Waals surface area contributed by atoms with Crippen molar-refractivity contribution >= 4 is 29.3 Å². The number of carbonyl (C=O) groups is 1. The molecular weight excluding hydrogens is 426 g/mol. The minimum atomic E-state index is -0.221. The Labute approximate surface area is 183 Å². The van der Waals surface area contributed by atoms with Gasteiger partial charge in [-0.15, -0.1) is 10.2 Å². The van der Waals surface area contributed by atoms with Crippen molar-refractivity contribution in [3.8, 4) is 22.9 Å². The summed E-state index contributed by atoms with van der Waals surface area (Å²) in [5.74, 6) is 7.75. The molecule has 0 aliphatic heterocycles. The van der Waals surface area contributed by atoms with E-state index in [0.29, 0.717) is 33.1 Å². The maximum atomic E-state index is 12.4. The quantitative estimate of drug-likeness (QED) is 0.403. The largest absolute Gasteiger partial charge is 0.497 e. The Morgan fingerprint density at radius 2 is 2.00 bits per heavy atom. The van der Waals surface area contributed by atoms with Crippen LogP contribution in [0.3, 0.4) is 0 Å². The number of nitrogens with one attached hydrogen (secondary N) is 1. The zero-order valence-corrected chi connectivity index (χ0v) is 18.3. The molecule has 0 spiro atoms. The van der Waals surface area contributed by atoms with Crippen molar-refractivity contribution < 1.29 is 14.3 Å². The van der Waals surface area contributed by atoms with Crippen molar-refractivity contribution in [1.82, 2.24) is 20.2 Å². The number of benzene rings is 2. The van der Waals surface area contributed by atoms with Gasteiger partial charge in [-0.25, -0.2) is 4.68 Å². The van der Waals surface area contributed by atoms with Crippen LogP contribution < -0.4 is 20.6 Å². The normalized spacial score (nSPS) is 11.7. The highest BCUT2D eigenvalue weighted by Gasteiger charge is 2.18. The zero-order valence-electron chi connectivity index (χ0n) is 16.8. The Hall–Kier alpha value is -2.91. The number of halogens is 1. The molecule has 0 bridgehead atoms. The van der Waals surface area contributed by atoms with E-state index in [1.165, 1.54) is 16.4 Å². The van der Waals surface area contributed by atoms with Gasteiger partial charge in [0.25, 0.3) is 0 Å². The first-order valence-electron chi connectivity index (χ1n) is 9.04. The zero-order chi connectivity index (χ0) is 21.7. The summed E-state index contributed by atoms with van der Waals surface area (Å²) in [5.41, 5.74) is 1.52. The topological polar surface area (TPSA) is 104 Å². The summed E-state index contributed by atoms with van der Waals surface area (Å²) in [5, 5.41) is 12.2. The molecule has 0 aliphatic rings. The SMILES string of the molecule is COc1ccc(-c2nnc(SCC(=O)N[C@H](C)c3ccccc3Cl)n2N)c(OC)c1. The maximum absolute atomic E-state index is 12.4. The van der Waals surface area contributed by atoms with Gasteiger partial charge in [0.05, 0.1) is 31.6 Å². The van der Waals surface area contributed by atoms with E-state index in [9.17, 15) is 4.79 Å². The fourth-order valence-electron chi connectivity index (χ4n) is 2.86. The fourth-order valence-corrected chi connectivity index (χ4v) is 3.83. The molecule has 30 heavy (non-hydrogen) atoms. The van der Waals surface area contributed by atoms with Crippen molar-refractivity contribution in [3.63, 3.8) is 0 Å². The number of rotatable bonds is 8. The first-order chi connectivity index (χ1) is 14.4. The summed E-state index contributed by atoms with van der Waals surface area (Å²) < 4.78 is 11.9. The van der Waals surface area contributed by atoms with Crippen LogP contribution >= 0.6 is 23.4 Å². The van der Waals surface area contributed by atoms with Crippen LogP contribution in [0.2, 0.25) is 5.02 Å². The fraction of sp³-hybridized carbons (Fsp3) is 0.250. The Bertz CT molecular complexity index is 1040. The van der Waals surface area contributed by atoms with Crippen molar-refractivity contribution in [2.75, 3.05) is 25.8 Å². The minimum Gasteiger partial charge on any atom is -0.497 e. The Balaban J connectivity index is 1.67. The number of nitrogens with zero attached hydrogens (tertiary/aromatic N) is 3. The van der Waals surface area contributed by atoms with Crippen molar-refractivity contribution in [3.05, 3.63) is 53.1 Å². The van der Waals surface area contributed by atoms with E-state index < -0.39 is 0 Å². The first kappa shape index (κ1) is 21.8. The molecule has 0 unspecified atom stereocenters. The van der Waals surface area contributed by atoms with Gasteiger partial charge in [0.1, 0.15) is 11.5 Å². The second-order valence-electron chi connectivity index (χ2n) is 6.34. The molecule has 3 N–H and O–H groups in total. The van der Waals surface area contributed by atoms with Gasteiger partial charge in [0.15, 0.2) is 5.82 Å². The number of methoxy groups -OCH3 is 2. The lowest BCUT2D eigenvalue weighted by Crippen LogP contribution is -2.28. The highest BCUT2D eigenvalue weighted by Crippen LogP contribution is 2.33. The number of thioether (sulfide) groups is 1. The van der Waals surface area contributed by atoms with Crippen LogP contribution in [0.4, 0.5) is 0 Å². The molecule has 2 aromatic carbocycles. The number of nitrogens with two attached hydrogens (primary N) is 1. The molecular formula is C20H22ClN5O3S. The maximum Gasteiger partial charge on any atom is 0.230 e. The van der Waals surface area contributed by atoms with E-state index in [-0.39, 0.29) is 17.7 Å². The summed E-state index contributed by atoms with van der Waals surface area (Å²) in [6.07, 6.45) is 0. The van der Waals surface area contributed by atoms with E-state index in [2.05, 4.69) is 15.5 Å². The molecule has 1 aromatic heterocycles. The molecule has 0 radical (unpaired) electrons. The average Bonchev–Trinajstić information content (AvgIpc) is 3.12. The number of aromatic nitrogens is 3. The minimum absolute atomic E-state index is 0.129. The summed E-state index contributed by atoms with van der Waals surface area (Å²) in [4.78, 5) is 12.4. The van der Waals surface area contributed by atoms with Gasteiger partial charge < -0.3 is 20.6 Å². The molecule has 1 amide bonds. The van der Waals surface area contributed by atoms with Gasteiger partial charge in [0, 0.05) is 11.1 Å². The van der Waals surface area contributed by atoms with Gasteiger partial charge in [-0.3, -0.25) is 4.79 Å². The number of hydrogen-bond donors (Lipinski definition) is 2. The van der Waals surface area contributed by atoms with E-state index in [4.69, 9.17) is 26.9 Å². The molecule has 0 aliphatic carbocycles. The number of carbonyl (C=O) groups excluding carboxylic acids is 1. The Kier molecular flexibility index (Phi) is 7.07. The summed E-state index contributed by atoms with van der Waals surface area (Å²) in [7, 11) is 3.13. The summed E-state index contributed by atoms with van der Waals surface area (Å²) in [6, 6.07) is 12.5. The van der Waals surface area contributed by atoms with Crippen LogP contribution in [0.5, 0.6) is 11.5 Å². The standard InChI is InChI=1S/C20H22ClN5O3S/c1-12(14-6-4-5-7-16(14)21)23-18(27)11-30-20-25-24-19(26(20)22)15-9-8-13(28-2)10-17(15)29-3/h4-10,12H,11,22H2,1-3H3,(H,23,27)/t12-/m1/s1. The second-order valence-corrected chi connectivity index (χ2v) is 7.69. The summed E-state index contributed by atoms with van der Waals surface area (Å²) in [6.45, 7) is 1.88. The van der Waals surface area contributed by atoms with E-state index in [1.807, 2.05) is 25.1 Å². The monoisotopic (exact) mass is 447 g/mol. The molecule has 158 valence electrons. The van der Waals surface area contributed by atoms with E-state index >= 15 is 0 Å². The smallest absolute Gasteiger partial charge is 0.230 e. The van der Waals surface area contributed by atoms with Crippen LogP contribution in [0.15, 0.2) is 47.6 Å². The third-order valence-electron chi connectivity index (χ3n) is 4.40. The molecule has 1 atom stereocenters. The number of hydrogen-bond acceptors (Lipinski definition) is 7. The van der Waals surface area contributed by atoms with Gasteiger partial charge in [0.2, 0.25) is 11.1 Å². The molecule has 10 heteroatoms. The molecule has 3 aromatic rings. The lowest BCUT2D eigenvalue weighted by atomic mass is 10.1. The number of amides is 1. The Morgan fingerprint density at radius 1 is 1.23 bits per heavy atom. The number of nitrogen functional groups attached to an aromatic ring is 1. The molecule has 1 heterocycles. The van der Waals surface area contributed by atoms with Gasteiger partial charge in [-0.1, -0.05) is 41.6 Å². The average molecular weight is 448 g/mol. The predicted octanol–water partition coefficient (Wildman–Crippen LogP) is 3.30. The number of ether oxygens (including phenoxy) is 2.